The van der Waals surface area contributed by atoms with E-state index in [2.05, 4.69) is 36.2 Å². The highest BCUT2D eigenvalue weighted by atomic mass is 32.2. The molecule has 0 radical (unpaired) electrons. The maximum Gasteiger partial charge on any atom is 0.278 e. The fourth-order valence-corrected chi connectivity index (χ4v) is 3.66. The van der Waals surface area contributed by atoms with Gasteiger partial charge in [0.25, 0.3) is 5.56 Å². The van der Waals surface area contributed by atoms with Gasteiger partial charge < -0.3 is 4.98 Å². The maximum absolute atomic E-state index is 12.7. The van der Waals surface area contributed by atoms with E-state index < -0.39 is 0 Å². The van der Waals surface area contributed by atoms with Crippen LogP contribution in [0.2, 0.25) is 0 Å². The quantitative estimate of drug-likeness (QED) is 0.577. The molecule has 5 heteroatoms. The highest BCUT2D eigenvalue weighted by Gasteiger charge is 2.15. The fourth-order valence-electron chi connectivity index (χ4n) is 2.58. The van der Waals surface area contributed by atoms with E-state index in [9.17, 15) is 4.79 Å². The molecular formula is C18H21N3OS. The summed E-state index contributed by atoms with van der Waals surface area (Å²) in [5.74, 6) is 0.800. The van der Waals surface area contributed by atoms with E-state index in [1.54, 1.807) is 16.3 Å². The molecule has 0 amide bonds. The Labute approximate surface area is 140 Å². The van der Waals surface area contributed by atoms with Crippen LogP contribution in [0.25, 0.3) is 11.0 Å². The van der Waals surface area contributed by atoms with Crippen molar-refractivity contribution in [1.82, 2.24) is 14.5 Å². The Morgan fingerprint density at radius 3 is 2.57 bits per heavy atom. The molecule has 1 N–H and O–H groups in total. The summed E-state index contributed by atoms with van der Waals surface area (Å²) in [5, 5.41) is 0.775. The number of nitrogens with one attached hydrogen (secondary N) is 1. The molecule has 120 valence electrons. The maximum atomic E-state index is 12.7. The van der Waals surface area contributed by atoms with Gasteiger partial charge in [-0.15, -0.1) is 0 Å². The summed E-state index contributed by atoms with van der Waals surface area (Å²) in [6, 6.07) is 10.5. The van der Waals surface area contributed by atoms with Gasteiger partial charge in [0.15, 0.2) is 5.16 Å². The van der Waals surface area contributed by atoms with Crippen LogP contribution in [-0.4, -0.2) is 14.5 Å². The normalized spacial score (nSPS) is 11.5. The van der Waals surface area contributed by atoms with Gasteiger partial charge in [-0.2, -0.15) is 0 Å². The molecule has 4 nitrogen and oxygen atoms in total. The third-order valence-corrected chi connectivity index (χ3v) is 4.82. The first-order valence-corrected chi connectivity index (χ1v) is 8.74. The predicted octanol–water partition coefficient (Wildman–Crippen LogP) is 4.21. The molecule has 2 heterocycles. The first-order valence-electron chi connectivity index (χ1n) is 7.76. The van der Waals surface area contributed by atoms with Gasteiger partial charge in [-0.1, -0.05) is 41.6 Å². The number of hydrogen-bond acceptors (Lipinski definition) is 3. The lowest BCUT2D eigenvalue weighted by Crippen LogP contribution is -2.25. The Balaban J connectivity index is 1.99. The molecule has 3 rings (SSSR count). The molecule has 0 atom stereocenters. The molecule has 0 aliphatic carbocycles. The Morgan fingerprint density at radius 2 is 1.91 bits per heavy atom. The lowest BCUT2D eigenvalue weighted by Gasteiger charge is -2.15. The molecule has 23 heavy (non-hydrogen) atoms. The summed E-state index contributed by atoms with van der Waals surface area (Å²) in [4.78, 5) is 20.6. The van der Waals surface area contributed by atoms with Crippen LogP contribution >= 0.6 is 11.8 Å². The van der Waals surface area contributed by atoms with Crippen LogP contribution in [0.3, 0.4) is 0 Å². The van der Waals surface area contributed by atoms with Crippen molar-refractivity contribution in [2.24, 2.45) is 0 Å². The fraction of sp³-hybridized carbons (Fsp3) is 0.333. The number of fused-ring (bicyclic) bond motifs is 1. The lowest BCUT2D eigenvalue weighted by molar-refractivity contribution is 0.518. The molecule has 2 aromatic heterocycles. The van der Waals surface area contributed by atoms with Crippen LogP contribution < -0.4 is 5.56 Å². The van der Waals surface area contributed by atoms with Gasteiger partial charge in [-0.25, -0.2) is 4.98 Å². The van der Waals surface area contributed by atoms with Crippen molar-refractivity contribution in [2.45, 2.75) is 44.6 Å². The SMILES string of the molecule is Cc1ccc(CSc2nc3cc(C)[nH]c3c(=O)n2C(C)C)cc1. The number of rotatable bonds is 4. The van der Waals surface area contributed by atoms with Crippen LogP contribution in [0.4, 0.5) is 0 Å². The molecule has 0 saturated heterocycles. The predicted molar refractivity (Wildman–Crippen MR) is 96.2 cm³/mol. The number of benzene rings is 1. The van der Waals surface area contributed by atoms with Crippen molar-refractivity contribution in [1.29, 1.82) is 0 Å². The highest BCUT2D eigenvalue weighted by Crippen LogP contribution is 2.24. The first kappa shape index (κ1) is 15.9. The topological polar surface area (TPSA) is 50.7 Å². The number of aromatic amines is 1. The van der Waals surface area contributed by atoms with Gasteiger partial charge in [-0.05, 0) is 39.3 Å². The molecule has 0 aliphatic rings. The summed E-state index contributed by atoms with van der Waals surface area (Å²) in [6.45, 7) is 8.05. The van der Waals surface area contributed by atoms with Gasteiger partial charge in [-0.3, -0.25) is 9.36 Å². The summed E-state index contributed by atoms with van der Waals surface area (Å²) < 4.78 is 1.77. The van der Waals surface area contributed by atoms with Crippen molar-refractivity contribution in [2.75, 3.05) is 0 Å². The minimum Gasteiger partial charge on any atom is -0.353 e. The molecule has 0 fully saturated rings. The average Bonchev–Trinajstić information content (AvgIpc) is 2.87. The second kappa shape index (κ2) is 6.24. The van der Waals surface area contributed by atoms with Gasteiger partial charge in [0.05, 0.1) is 5.52 Å². The van der Waals surface area contributed by atoms with Crippen LogP contribution in [0.15, 0.2) is 40.3 Å². The van der Waals surface area contributed by atoms with Crippen LogP contribution in [0.5, 0.6) is 0 Å². The largest absolute Gasteiger partial charge is 0.353 e. The van der Waals surface area contributed by atoms with Crippen LogP contribution in [-0.2, 0) is 5.75 Å². The average molecular weight is 327 g/mol. The van der Waals surface area contributed by atoms with Crippen molar-refractivity contribution in [3.05, 3.63) is 57.5 Å². The Kier molecular flexibility index (Phi) is 4.31. The Morgan fingerprint density at radius 1 is 1.22 bits per heavy atom. The van der Waals surface area contributed by atoms with Gasteiger partial charge in [0.2, 0.25) is 0 Å². The third kappa shape index (κ3) is 3.20. The highest BCUT2D eigenvalue weighted by molar-refractivity contribution is 7.98. The van der Waals surface area contributed by atoms with Crippen molar-refractivity contribution in [3.8, 4) is 0 Å². The number of thioether (sulfide) groups is 1. The molecule has 1 aromatic carbocycles. The van der Waals surface area contributed by atoms with Crippen LogP contribution in [0.1, 0.15) is 36.7 Å². The van der Waals surface area contributed by atoms with E-state index in [0.29, 0.717) is 5.52 Å². The lowest BCUT2D eigenvalue weighted by atomic mass is 10.2. The van der Waals surface area contributed by atoms with Crippen LogP contribution in [0, 0.1) is 13.8 Å². The molecule has 0 unspecified atom stereocenters. The summed E-state index contributed by atoms with van der Waals surface area (Å²) in [7, 11) is 0. The van der Waals surface area contributed by atoms with E-state index in [1.807, 2.05) is 26.8 Å². The second-order valence-electron chi connectivity index (χ2n) is 6.15. The minimum absolute atomic E-state index is 0.00417. The van der Waals surface area contributed by atoms with E-state index in [4.69, 9.17) is 4.98 Å². The number of aryl methyl sites for hydroxylation is 2. The third-order valence-electron chi connectivity index (χ3n) is 3.79. The molecular weight excluding hydrogens is 306 g/mol. The molecule has 3 aromatic rings. The number of H-pyrrole nitrogens is 1. The monoisotopic (exact) mass is 327 g/mol. The molecule has 0 spiro atoms. The minimum atomic E-state index is 0.00417. The van der Waals surface area contributed by atoms with Gasteiger partial charge >= 0.3 is 0 Å². The summed E-state index contributed by atoms with van der Waals surface area (Å²) in [5.41, 5.74) is 4.78. The van der Waals surface area contributed by atoms with E-state index in [0.717, 1.165) is 22.1 Å². The molecule has 0 aliphatic heterocycles. The zero-order chi connectivity index (χ0) is 16.6. The van der Waals surface area contributed by atoms with Crippen molar-refractivity contribution >= 4 is 22.8 Å². The zero-order valence-electron chi connectivity index (χ0n) is 13.9. The van der Waals surface area contributed by atoms with E-state index in [1.165, 1.54) is 11.1 Å². The first-order chi connectivity index (χ1) is 11.0. The number of aromatic nitrogens is 3. The van der Waals surface area contributed by atoms with E-state index in [-0.39, 0.29) is 11.6 Å². The molecule has 0 saturated carbocycles. The van der Waals surface area contributed by atoms with Gasteiger partial charge in [0.1, 0.15) is 5.52 Å². The van der Waals surface area contributed by atoms with E-state index >= 15 is 0 Å². The van der Waals surface area contributed by atoms with Gasteiger partial charge in [0, 0.05) is 17.5 Å². The molecule has 0 bridgehead atoms. The smallest absolute Gasteiger partial charge is 0.278 e. The van der Waals surface area contributed by atoms with Crippen molar-refractivity contribution in [3.63, 3.8) is 0 Å². The number of hydrogen-bond donors (Lipinski definition) is 1. The summed E-state index contributed by atoms with van der Waals surface area (Å²) in [6.07, 6.45) is 0. The zero-order valence-corrected chi connectivity index (χ0v) is 14.7. The van der Waals surface area contributed by atoms with Crippen molar-refractivity contribution < 1.29 is 0 Å². The Hall–Kier alpha value is -2.01. The summed E-state index contributed by atoms with van der Waals surface area (Å²) >= 11 is 1.61. The standard InChI is InChI=1S/C18H21N3OS/c1-11(2)21-17(22)16-15(9-13(4)19-16)20-18(21)23-10-14-7-5-12(3)6-8-14/h5-9,11,19H,10H2,1-4H3. The Bertz CT molecular complexity index is 891. The number of nitrogens with zero attached hydrogens (tertiary/aromatic N) is 2. The second-order valence-corrected chi connectivity index (χ2v) is 7.09.